The van der Waals surface area contributed by atoms with E-state index in [9.17, 15) is 14.4 Å². The standard InChI is InChI=1S/C24H24N4O3/c1-5-11-27-22(29)20(21(24(27)31)26-13-15(2)12-16(3)14-26)19-17(4)25-28(23(19)30)18-9-7-6-8-10-18/h6-10,12-14H,5,11H2,1-4H3/p+1. The third-order valence-corrected chi connectivity index (χ3v) is 5.33. The zero-order valence-electron chi connectivity index (χ0n) is 18.1. The van der Waals surface area contributed by atoms with Gasteiger partial charge in [0.1, 0.15) is 5.57 Å². The summed E-state index contributed by atoms with van der Waals surface area (Å²) in [4.78, 5) is 41.3. The Morgan fingerprint density at radius 2 is 1.58 bits per heavy atom. The first-order valence-electron chi connectivity index (χ1n) is 10.3. The van der Waals surface area contributed by atoms with E-state index in [4.69, 9.17) is 0 Å². The first-order valence-corrected chi connectivity index (χ1v) is 10.3. The Hall–Kier alpha value is -3.74. The summed E-state index contributed by atoms with van der Waals surface area (Å²) in [5, 5.41) is 3.06. The minimum absolute atomic E-state index is 0.141. The molecule has 4 rings (SSSR count). The summed E-state index contributed by atoms with van der Waals surface area (Å²) in [5.74, 6) is -0.823. The third kappa shape index (κ3) is 3.42. The average Bonchev–Trinajstić information content (AvgIpc) is 3.15. The fraction of sp³-hybridized carbons (Fsp3) is 0.250. The first kappa shape index (κ1) is 20.5. The first-order chi connectivity index (χ1) is 14.8. The number of para-hydroxylation sites is 1. The number of rotatable bonds is 5. The number of pyridine rings is 1. The molecule has 158 valence electrons. The van der Waals surface area contributed by atoms with Gasteiger partial charge < -0.3 is 0 Å². The lowest BCUT2D eigenvalue weighted by Crippen LogP contribution is -2.40. The molecule has 7 nitrogen and oxygen atoms in total. The van der Waals surface area contributed by atoms with Crippen LogP contribution in [-0.4, -0.2) is 33.0 Å². The van der Waals surface area contributed by atoms with Crippen LogP contribution in [0.1, 0.15) is 35.7 Å². The van der Waals surface area contributed by atoms with Crippen LogP contribution in [0.25, 0.3) is 17.0 Å². The maximum Gasteiger partial charge on any atom is 0.326 e. The van der Waals surface area contributed by atoms with Crippen molar-refractivity contribution in [2.24, 2.45) is 0 Å². The molecule has 31 heavy (non-hydrogen) atoms. The summed E-state index contributed by atoms with van der Waals surface area (Å²) in [6, 6.07) is 11.1. The van der Waals surface area contributed by atoms with E-state index in [1.165, 1.54) is 9.58 Å². The van der Waals surface area contributed by atoms with Crippen molar-refractivity contribution in [2.45, 2.75) is 34.1 Å². The van der Waals surface area contributed by atoms with E-state index in [2.05, 4.69) is 5.10 Å². The molecule has 7 heteroatoms. The summed E-state index contributed by atoms with van der Waals surface area (Å²) < 4.78 is 3.08. The number of benzene rings is 1. The van der Waals surface area contributed by atoms with E-state index >= 15 is 0 Å². The molecule has 1 aromatic carbocycles. The molecule has 2 aromatic heterocycles. The van der Waals surface area contributed by atoms with Crippen LogP contribution in [0.15, 0.2) is 53.6 Å². The fourth-order valence-electron chi connectivity index (χ4n) is 4.09. The van der Waals surface area contributed by atoms with Gasteiger partial charge in [-0.3, -0.25) is 24.4 Å². The van der Waals surface area contributed by atoms with Crippen molar-refractivity contribution in [3.05, 3.63) is 81.5 Å². The van der Waals surface area contributed by atoms with E-state index in [1.54, 1.807) is 36.0 Å². The van der Waals surface area contributed by atoms with E-state index < -0.39 is 5.91 Å². The van der Waals surface area contributed by atoms with Crippen molar-refractivity contribution in [2.75, 3.05) is 6.54 Å². The Bertz CT molecular complexity index is 1260. The highest BCUT2D eigenvalue weighted by Gasteiger charge is 2.46. The molecule has 0 bridgehead atoms. The van der Waals surface area contributed by atoms with Gasteiger partial charge in [0, 0.05) is 23.4 Å². The van der Waals surface area contributed by atoms with Gasteiger partial charge in [0.2, 0.25) is 0 Å². The maximum absolute atomic E-state index is 13.4. The molecule has 0 atom stereocenters. The Balaban J connectivity index is 2.00. The molecule has 0 saturated heterocycles. The number of carbonyl (C=O) groups excluding carboxylic acids is 2. The molecular weight excluding hydrogens is 392 g/mol. The molecule has 0 fully saturated rings. The number of aryl methyl sites for hydroxylation is 3. The monoisotopic (exact) mass is 417 g/mol. The maximum atomic E-state index is 13.4. The SMILES string of the molecule is CCCN1C(=O)C(c2c(C)[nH]n(-c3ccccc3)c2=O)=C([n+]2cc(C)cc(C)c2)C1=O. The average molecular weight is 417 g/mol. The molecule has 3 heterocycles. The number of nitrogens with one attached hydrogen (secondary N) is 1. The van der Waals surface area contributed by atoms with Crippen LogP contribution in [-0.2, 0) is 9.59 Å². The second kappa shape index (κ2) is 7.83. The normalized spacial score (nSPS) is 14.1. The van der Waals surface area contributed by atoms with Gasteiger partial charge in [0.05, 0.1) is 11.3 Å². The van der Waals surface area contributed by atoms with Gasteiger partial charge in [-0.05, 0) is 45.4 Å². The Kier molecular flexibility index (Phi) is 5.19. The third-order valence-electron chi connectivity index (χ3n) is 5.33. The van der Waals surface area contributed by atoms with Gasteiger partial charge >= 0.3 is 5.91 Å². The summed E-state index contributed by atoms with van der Waals surface area (Å²) in [6.45, 7) is 7.81. The zero-order valence-corrected chi connectivity index (χ0v) is 18.1. The molecule has 0 unspecified atom stereocenters. The summed E-state index contributed by atoms with van der Waals surface area (Å²) in [5.41, 5.74) is 3.31. The molecule has 3 aromatic rings. The van der Waals surface area contributed by atoms with Crippen molar-refractivity contribution in [3.63, 3.8) is 0 Å². The van der Waals surface area contributed by atoms with Gasteiger partial charge in [-0.15, -0.1) is 0 Å². The lowest BCUT2D eigenvalue weighted by molar-refractivity contribution is -0.577. The second-order valence-corrected chi connectivity index (χ2v) is 7.87. The van der Waals surface area contributed by atoms with Crippen LogP contribution in [0.5, 0.6) is 0 Å². The molecule has 2 amide bonds. The van der Waals surface area contributed by atoms with Crippen molar-refractivity contribution >= 4 is 23.1 Å². The van der Waals surface area contributed by atoms with Gasteiger partial charge in [-0.2, -0.15) is 4.57 Å². The topological polar surface area (TPSA) is 79.1 Å². The predicted molar refractivity (Wildman–Crippen MR) is 117 cm³/mol. The van der Waals surface area contributed by atoms with Crippen molar-refractivity contribution in [1.29, 1.82) is 0 Å². The Labute approximate surface area is 180 Å². The predicted octanol–water partition coefficient (Wildman–Crippen LogP) is 2.53. The highest BCUT2D eigenvalue weighted by atomic mass is 16.2. The summed E-state index contributed by atoms with van der Waals surface area (Å²) in [6.07, 6.45) is 4.25. The van der Waals surface area contributed by atoms with Crippen molar-refractivity contribution in [3.8, 4) is 5.69 Å². The smallest absolute Gasteiger partial charge is 0.295 e. The molecule has 0 spiro atoms. The fourth-order valence-corrected chi connectivity index (χ4v) is 4.09. The number of aromatic amines is 1. The molecule has 0 radical (unpaired) electrons. The lowest BCUT2D eigenvalue weighted by Gasteiger charge is -2.11. The largest absolute Gasteiger partial charge is 0.326 e. The highest BCUT2D eigenvalue weighted by molar-refractivity contribution is 6.44. The van der Waals surface area contributed by atoms with E-state index in [-0.39, 0.29) is 28.3 Å². The number of aromatic nitrogens is 3. The minimum atomic E-state index is -0.437. The van der Waals surface area contributed by atoms with E-state index in [1.807, 2.05) is 45.0 Å². The number of nitrogens with zero attached hydrogens (tertiary/aromatic N) is 3. The van der Waals surface area contributed by atoms with Crippen LogP contribution < -0.4 is 10.1 Å². The number of hydrogen-bond acceptors (Lipinski definition) is 3. The van der Waals surface area contributed by atoms with Crippen LogP contribution >= 0.6 is 0 Å². The van der Waals surface area contributed by atoms with Crippen LogP contribution in [0.2, 0.25) is 0 Å². The van der Waals surface area contributed by atoms with Gasteiger partial charge in [-0.25, -0.2) is 4.68 Å². The molecular formula is C24H25N4O3+. The van der Waals surface area contributed by atoms with Crippen LogP contribution in [0.4, 0.5) is 0 Å². The number of amides is 2. The minimum Gasteiger partial charge on any atom is -0.295 e. The second-order valence-electron chi connectivity index (χ2n) is 7.87. The molecule has 0 saturated carbocycles. The summed E-state index contributed by atoms with van der Waals surface area (Å²) in [7, 11) is 0. The van der Waals surface area contributed by atoms with E-state index in [0.717, 1.165) is 11.1 Å². The van der Waals surface area contributed by atoms with Crippen molar-refractivity contribution < 1.29 is 14.2 Å². The molecule has 0 aliphatic carbocycles. The summed E-state index contributed by atoms with van der Waals surface area (Å²) >= 11 is 0. The number of hydrogen-bond donors (Lipinski definition) is 1. The van der Waals surface area contributed by atoms with Gasteiger partial charge in [0.25, 0.3) is 17.2 Å². The molecule has 1 aliphatic heterocycles. The van der Waals surface area contributed by atoms with Crippen LogP contribution in [0, 0.1) is 20.8 Å². The quantitative estimate of drug-likeness (QED) is 0.512. The molecule has 1 N–H and O–H groups in total. The number of imide groups is 1. The Morgan fingerprint density at radius 3 is 2.19 bits per heavy atom. The number of H-pyrrole nitrogens is 1. The number of carbonyl (C=O) groups is 2. The van der Waals surface area contributed by atoms with Crippen LogP contribution in [0.3, 0.4) is 0 Å². The van der Waals surface area contributed by atoms with Crippen molar-refractivity contribution in [1.82, 2.24) is 14.7 Å². The van der Waals surface area contributed by atoms with Gasteiger partial charge in [0.15, 0.2) is 12.4 Å². The lowest BCUT2D eigenvalue weighted by atomic mass is 10.1. The highest BCUT2D eigenvalue weighted by Crippen LogP contribution is 2.30. The van der Waals surface area contributed by atoms with E-state index in [0.29, 0.717) is 24.3 Å². The zero-order chi connectivity index (χ0) is 22.3. The molecule has 1 aliphatic rings. The van der Waals surface area contributed by atoms with Gasteiger partial charge in [-0.1, -0.05) is 25.1 Å². The Morgan fingerprint density at radius 1 is 0.935 bits per heavy atom.